The number of para-hydroxylation sites is 1. The van der Waals surface area contributed by atoms with E-state index in [1.165, 1.54) is 35.2 Å². The van der Waals surface area contributed by atoms with Crippen LogP contribution < -0.4 is 10.6 Å². The molecule has 0 amide bonds. The lowest BCUT2D eigenvalue weighted by Gasteiger charge is -2.22. The van der Waals surface area contributed by atoms with Gasteiger partial charge in [0.15, 0.2) is 0 Å². The average Bonchev–Trinajstić information content (AvgIpc) is 2.46. The van der Waals surface area contributed by atoms with E-state index in [1.807, 2.05) is 18.2 Å². The highest BCUT2D eigenvalue weighted by Crippen LogP contribution is 2.27. The van der Waals surface area contributed by atoms with Gasteiger partial charge in [0, 0.05) is 29.5 Å². The zero-order valence-electron chi connectivity index (χ0n) is 11.7. The maximum absolute atomic E-state index is 5.99. The van der Waals surface area contributed by atoms with Gasteiger partial charge in [0.1, 0.15) is 0 Å². The van der Waals surface area contributed by atoms with Crippen LogP contribution in [0.2, 0.25) is 5.02 Å². The van der Waals surface area contributed by atoms with Crippen LogP contribution in [0.1, 0.15) is 23.1 Å². The van der Waals surface area contributed by atoms with E-state index in [-0.39, 0.29) is 0 Å². The number of fused-ring (bicyclic) bond motifs is 1. The molecule has 0 aromatic heterocycles. The summed E-state index contributed by atoms with van der Waals surface area (Å²) < 4.78 is 0. The molecule has 0 radical (unpaired) electrons. The molecule has 3 heteroatoms. The molecule has 2 N–H and O–H groups in total. The van der Waals surface area contributed by atoms with Gasteiger partial charge in [-0.2, -0.15) is 0 Å². The van der Waals surface area contributed by atoms with E-state index in [4.69, 9.17) is 11.6 Å². The molecule has 0 unspecified atom stereocenters. The first-order valence-electron chi connectivity index (χ1n) is 7.09. The van der Waals surface area contributed by atoms with Crippen LogP contribution in [0, 0.1) is 6.92 Å². The van der Waals surface area contributed by atoms with Gasteiger partial charge < -0.3 is 10.6 Å². The molecule has 0 atom stereocenters. The molecule has 2 aromatic carbocycles. The number of aryl methyl sites for hydroxylation is 2. The maximum atomic E-state index is 5.99. The molecule has 2 nitrogen and oxygen atoms in total. The van der Waals surface area contributed by atoms with Gasteiger partial charge in [-0.1, -0.05) is 29.8 Å². The Labute approximate surface area is 125 Å². The SMILES string of the molecule is Cc1cc(Cl)ccc1NCc1cccc2c1NCCC2. The molecule has 1 aliphatic rings. The Hall–Kier alpha value is -1.67. The zero-order valence-corrected chi connectivity index (χ0v) is 12.4. The summed E-state index contributed by atoms with van der Waals surface area (Å²) in [7, 11) is 0. The van der Waals surface area contributed by atoms with Crippen molar-refractivity contribution < 1.29 is 0 Å². The zero-order chi connectivity index (χ0) is 13.9. The first-order chi connectivity index (χ1) is 9.74. The van der Waals surface area contributed by atoms with Gasteiger partial charge in [-0.25, -0.2) is 0 Å². The van der Waals surface area contributed by atoms with E-state index in [1.54, 1.807) is 0 Å². The average molecular weight is 287 g/mol. The van der Waals surface area contributed by atoms with Crippen molar-refractivity contribution in [2.24, 2.45) is 0 Å². The lowest BCUT2D eigenvalue weighted by atomic mass is 9.99. The first-order valence-corrected chi connectivity index (χ1v) is 7.46. The Balaban J connectivity index is 1.78. The lowest BCUT2D eigenvalue weighted by molar-refractivity contribution is 0.825. The molecule has 0 saturated carbocycles. The summed E-state index contributed by atoms with van der Waals surface area (Å²) in [6.07, 6.45) is 2.40. The quantitative estimate of drug-likeness (QED) is 0.860. The van der Waals surface area contributed by atoms with E-state index in [0.29, 0.717) is 0 Å². The summed E-state index contributed by atoms with van der Waals surface area (Å²) in [6, 6.07) is 12.5. The van der Waals surface area contributed by atoms with Gasteiger partial charge >= 0.3 is 0 Å². The van der Waals surface area contributed by atoms with E-state index in [9.17, 15) is 0 Å². The topological polar surface area (TPSA) is 24.1 Å². The second-order valence-corrected chi connectivity index (χ2v) is 5.73. The van der Waals surface area contributed by atoms with Gasteiger partial charge in [0.2, 0.25) is 0 Å². The number of hydrogen-bond donors (Lipinski definition) is 2. The van der Waals surface area contributed by atoms with Crippen LogP contribution in [0.4, 0.5) is 11.4 Å². The first kappa shape index (κ1) is 13.3. The number of anilines is 2. The van der Waals surface area contributed by atoms with Crippen LogP contribution >= 0.6 is 11.6 Å². The molecule has 1 aliphatic heterocycles. The Morgan fingerprint density at radius 2 is 2.15 bits per heavy atom. The largest absolute Gasteiger partial charge is 0.385 e. The Morgan fingerprint density at radius 3 is 3.00 bits per heavy atom. The Bertz CT molecular complexity index is 622. The van der Waals surface area contributed by atoms with Crippen LogP contribution in [-0.2, 0) is 13.0 Å². The summed E-state index contributed by atoms with van der Waals surface area (Å²) in [5.74, 6) is 0. The fraction of sp³-hybridized carbons (Fsp3) is 0.294. The smallest absolute Gasteiger partial charge is 0.0423 e. The van der Waals surface area contributed by atoms with E-state index in [0.717, 1.165) is 23.8 Å². The molecule has 3 rings (SSSR count). The number of nitrogens with one attached hydrogen (secondary N) is 2. The van der Waals surface area contributed by atoms with Crippen LogP contribution in [0.3, 0.4) is 0 Å². The van der Waals surface area contributed by atoms with Crippen molar-refractivity contribution in [1.29, 1.82) is 0 Å². The second kappa shape index (κ2) is 5.76. The summed E-state index contributed by atoms with van der Waals surface area (Å²) in [6.45, 7) is 3.98. The van der Waals surface area contributed by atoms with Crippen molar-refractivity contribution >= 4 is 23.0 Å². The highest BCUT2D eigenvalue weighted by molar-refractivity contribution is 6.30. The van der Waals surface area contributed by atoms with Gasteiger partial charge in [0.05, 0.1) is 0 Å². The van der Waals surface area contributed by atoms with Gasteiger partial charge in [0.25, 0.3) is 0 Å². The Kier molecular flexibility index (Phi) is 3.83. The molecule has 0 saturated heterocycles. The fourth-order valence-corrected chi connectivity index (χ4v) is 2.97. The maximum Gasteiger partial charge on any atom is 0.0423 e. The highest BCUT2D eigenvalue weighted by atomic mass is 35.5. The predicted octanol–water partition coefficient (Wildman–Crippen LogP) is 4.62. The standard InChI is InChI=1S/C17H19ClN2/c1-12-10-15(18)7-8-16(12)20-11-14-5-2-4-13-6-3-9-19-17(13)14/h2,4-5,7-8,10,19-20H,3,6,9,11H2,1H3. The van der Waals surface area contributed by atoms with Gasteiger partial charge in [-0.05, 0) is 54.7 Å². The third-order valence-electron chi connectivity index (χ3n) is 3.82. The van der Waals surface area contributed by atoms with E-state index >= 15 is 0 Å². The molecular weight excluding hydrogens is 268 g/mol. The lowest BCUT2D eigenvalue weighted by Crippen LogP contribution is -2.15. The summed E-state index contributed by atoms with van der Waals surface area (Å²) in [4.78, 5) is 0. The molecule has 0 aliphatic carbocycles. The van der Waals surface area contributed by atoms with Gasteiger partial charge in [-0.3, -0.25) is 0 Å². The summed E-state index contributed by atoms with van der Waals surface area (Å²) in [5, 5.41) is 7.82. The molecule has 1 heterocycles. The Morgan fingerprint density at radius 1 is 1.25 bits per heavy atom. The molecule has 0 spiro atoms. The monoisotopic (exact) mass is 286 g/mol. The molecule has 104 valence electrons. The number of rotatable bonds is 3. The summed E-state index contributed by atoms with van der Waals surface area (Å²) >= 11 is 5.99. The van der Waals surface area contributed by atoms with E-state index in [2.05, 4.69) is 35.8 Å². The second-order valence-electron chi connectivity index (χ2n) is 5.29. The summed E-state index contributed by atoms with van der Waals surface area (Å²) in [5.41, 5.74) is 6.40. The van der Waals surface area contributed by atoms with Crippen molar-refractivity contribution in [3.8, 4) is 0 Å². The minimum atomic E-state index is 0.784. The van der Waals surface area contributed by atoms with Crippen molar-refractivity contribution in [1.82, 2.24) is 0 Å². The predicted molar refractivity (Wildman–Crippen MR) is 86.8 cm³/mol. The highest BCUT2D eigenvalue weighted by Gasteiger charge is 2.12. The van der Waals surface area contributed by atoms with Gasteiger partial charge in [-0.15, -0.1) is 0 Å². The van der Waals surface area contributed by atoms with Crippen LogP contribution in [-0.4, -0.2) is 6.54 Å². The fourth-order valence-electron chi connectivity index (χ4n) is 2.74. The van der Waals surface area contributed by atoms with Crippen molar-refractivity contribution in [2.75, 3.05) is 17.2 Å². The van der Waals surface area contributed by atoms with Crippen LogP contribution in [0.5, 0.6) is 0 Å². The van der Waals surface area contributed by atoms with Crippen LogP contribution in [0.15, 0.2) is 36.4 Å². The van der Waals surface area contributed by atoms with Crippen molar-refractivity contribution in [3.05, 3.63) is 58.1 Å². The number of halogens is 1. The van der Waals surface area contributed by atoms with Crippen molar-refractivity contribution in [3.63, 3.8) is 0 Å². The van der Waals surface area contributed by atoms with Crippen molar-refractivity contribution in [2.45, 2.75) is 26.3 Å². The molecule has 0 fully saturated rings. The molecule has 0 bridgehead atoms. The third-order valence-corrected chi connectivity index (χ3v) is 4.05. The van der Waals surface area contributed by atoms with E-state index < -0.39 is 0 Å². The van der Waals surface area contributed by atoms with Crippen LogP contribution in [0.25, 0.3) is 0 Å². The minimum Gasteiger partial charge on any atom is -0.385 e. The molecular formula is C17H19ClN2. The normalized spacial score (nSPS) is 13.5. The minimum absolute atomic E-state index is 0.784. The molecule has 2 aromatic rings. The number of hydrogen-bond acceptors (Lipinski definition) is 2. The third kappa shape index (κ3) is 2.75. The molecule has 20 heavy (non-hydrogen) atoms. The number of benzene rings is 2.